The third-order valence-corrected chi connectivity index (χ3v) is 2.51. The van der Waals surface area contributed by atoms with E-state index in [1.54, 1.807) is 12.3 Å². The number of anilines is 2. The van der Waals surface area contributed by atoms with Crippen molar-refractivity contribution in [2.45, 2.75) is 10.7 Å². The molecule has 0 amide bonds. The van der Waals surface area contributed by atoms with Gasteiger partial charge >= 0.3 is 0 Å². The van der Waals surface area contributed by atoms with Crippen molar-refractivity contribution < 1.29 is 0 Å². The number of piperazine rings is 1. The van der Waals surface area contributed by atoms with Crippen LogP contribution in [0.5, 0.6) is 0 Å². The Bertz CT molecular complexity index is 390. The first-order valence-electron chi connectivity index (χ1n) is 5.19. The van der Waals surface area contributed by atoms with Gasteiger partial charge in [0, 0.05) is 13.1 Å². The van der Waals surface area contributed by atoms with E-state index < -0.39 is 10.7 Å². The number of aromatic nitrogens is 1. The zero-order valence-corrected chi connectivity index (χ0v) is 9.43. The number of nitrogens with zero attached hydrogens (tertiary/aromatic N) is 2. The van der Waals surface area contributed by atoms with Crippen LogP contribution in [-0.2, 0) is 0 Å². The number of nitrogens with one attached hydrogen (secondary N) is 1. The van der Waals surface area contributed by atoms with Gasteiger partial charge in [-0.25, -0.2) is 4.98 Å². The van der Waals surface area contributed by atoms with Crippen molar-refractivity contribution in [3.05, 3.63) is 18.3 Å². The molecule has 17 heavy (non-hydrogen) atoms. The summed E-state index contributed by atoms with van der Waals surface area (Å²) in [5, 5.41) is 0.468. The molecule has 1 saturated heterocycles. The van der Waals surface area contributed by atoms with Gasteiger partial charge in [-0.2, -0.15) is 0 Å². The number of pyridine rings is 1. The second-order valence-corrected chi connectivity index (χ2v) is 4.50. The second kappa shape index (κ2) is 4.02. The number of nitrogen functional groups attached to an aromatic ring is 1. The molecule has 0 atom stereocenters. The van der Waals surface area contributed by atoms with Crippen LogP contribution in [0.1, 0.15) is 0 Å². The van der Waals surface area contributed by atoms with E-state index in [0.29, 0.717) is 18.9 Å². The highest BCUT2D eigenvalue weighted by Gasteiger charge is 2.34. The molecule has 1 aliphatic heterocycles. The van der Waals surface area contributed by atoms with Crippen LogP contribution in [0, 0.1) is 0 Å². The van der Waals surface area contributed by atoms with Gasteiger partial charge in [-0.15, -0.1) is 0 Å². The predicted molar refractivity (Wildman–Crippen MR) is 72.5 cm³/mol. The third-order valence-electron chi connectivity index (χ3n) is 2.51. The van der Waals surface area contributed by atoms with E-state index in [4.69, 9.17) is 37.1 Å². The van der Waals surface area contributed by atoms with Crippen molar-refractivity contribution in [3.63, 3.8) is 0 Å². The van der Waals surface area contributed by atoms with Crippen LogP contribution in [0.15, 0.2) is 18.3 Å². The molecule has 78 valence electrons. The fourth-order valence-corrected chi connectivity index (χ4v) is 1.97. The quantitative estimate of drug-likeness (QED) is 0.537. The van der Waals surface area contributed by atoms with E-state index in [2.05, 4.69) is 10.3 Å². The molecule has 2 rings (SSSR count). The predicted octanol–water partition coefficient (Wildman–Crippen LogP) is -1.94. The van der Waals surface area contributed by atoms with E-state index >= 15 is 0 Å². The molecule has 0 bridgehead atoms. The number of nitrogens with two attached hydrogens (primary N) is 1. The minimum Gasteiger partial charge on any atom is -0.384 e. The highest BCUT2D eigenvalue weighted by atomic mass is 15.2. The number of rotatable bonds is 1. The largest absolute Gasteiger partial charge is 0.384 e. The summed E-state index contributed by atoms with van der Waals surface area (Å²) in [6.07, 6.45) is 1.63. The van der Waals surface area contributed by atoms with E-state index in [1.807, 2.05) is 11.0 Å². The molecule has 1 fully saturated rings. The molecule has 0 unspecified atom stereocenters. The molecule has 8 heteroatoms. The Balaban J connectivity index is 2.24. The lowest BCUT2D eigenvalue weighted by atomic mass is 9.52. The fraction of sp³-hybridized carbons (Fsp3) is 0.444. The molecular weight excluding hydrogens is 207 g/mol. The van der Waals surface area contributed by atoms with Gasteiger partial charge in [0.15, 0.2) is 0 Å². The average molecular weight is 217 g/mol. The summed E-state index contributed by atoms with van der Waals surface area (Å²) in [6.45, 7) is 0.740. The van der Waals surface area contributed by atoms with Crippen LogP contribution < -0.4 is 16.0 Å². The fourth-order valence-electron chi connectivity index (χ4n) is 1.97. The van der Waals surface area contributed by atoms with Crippen molar-refractivity contribution in [2.24, 2.45) is 0 Å². The Morgan fingerprint density at radius 1 is 1.18 bits per heavy atom. The molecule has 4 nitrogen and oxygen atoms in total. The Morgan fingerprint density at radius 3 is 2.24 bits per heavy atom. The Hall–Kier alpha value is -1.03. The number of hydrogen-bond donors (Lipinski definition) is 2. The molecular formula is C9H10B4N4. The summed E-state index contributed by atoms with van der Waals surface area (Å²) in [6, 6.07) is 3.51. The summed E-state index contributed by atoms with van der Waals surface area (Å²) in [4.78, 5) is 5.87. The van der Waals surface area contributed by atoms with Gasteiger partial charge in [0.1, 0.15) is 5.82 Å². The van der Waals surface area contributed by atoms with Crippen LogP contribution in [0.2, 0.25) is 0 Å². The van der Waals surface area contributed by atoms with Crippen LogP contribution in [0.4, 0.5) is 11.5 Å². The van der Waals surface area contributed by atoms with Gasteiger partial charge in [-0.3, -0.25) is 0 Å². The molecule has 8 radical (unpaired) electrons. The maximum Gasteiger partial charge on any atom is 0.123 e. The monoisotopic (exact) mass is 218 g/mol. The minimum atomic E-state index is -1.15. The van der Waals surface area contributed by atoms with Crippen molar-refractivity contribution in [1.82, 2.24) is 10.3 Å². The molecule has 3 N–H and O–H groups in total. The summed E-state index contributed by atoms with van der Waals surface area (Å²) in [5.41, 5.74) is 6.34. The van der Waals surface area contributed by atoms with Gasteiger partial charge < -0.3 is 16.0 Å². The van der Waals surface area contributed by atoms with Crippen LogP contribution >= 0.6 is 0 Å². The highest BCUT2D eigenvalue weighted by molar-refractivity contribution is 6.45. The Kier molecular flexibility index (Phi) is 2.94. The first-order chi connectivity index (χ1) is 7.77. The van der Waals surface area contributed by atoms with Gasteiger partial charge in [-0.1, -0.05) is 0 Å². The van der Waals surface area contributed by atoms with Crippen LogP contribution in [0.3, 0.4) is 0 Å². The normalized spacial score (nSPS) is 22.2. The lowest BCUT2D eigenvalue weighted by molar-refractivity contribution is 0.447. The molecule has 1 aliphatic rings. The van der Waals surface area contributed by atoms with Crippen molar-refractivity contribution in [2.75, 3.05) is 23.7 Å². The van der Waals surface area contributed by atoms with Crippen molar-refractivity contribution in [3.8, 4) is 0 Å². The van der Waals surface area contributed by atoms with Crippen molar-refractivity contribution >= 4 is 42.9 Å². The van der Waals surface area contributed by atoms with Gasteiger partial charge in [0.2, 0.25) is 0 Å². The lowest BCUT2D eigenvalue weighted by Gasteiger charge is -2.51. The zero-order chi connectivity index (χ0) is 12.7. The molecule has 2 heterocycles. The first kappa shape index (κ1) is 12.4. The van der Waals surface area contributed by atoms with Gasteiger partial charge in [0.05, 0.1) is 43.3 Å². The maximum absolute atomic E-state index is 5.83. The van der Waals surface area contributed by atoms with E-state index in [9.17, 15) is 0 Å². The average Bonchev–Trinajstić information content (AvgIpc) is 2.13. The molecule has 1 aromatic heterocycles. The SMILES string of the molecule is [B]C1([B])CN(c2ccc(N)nc2)CC([B])([B])N1. The molecule has 0 saturated carbocycles. The summed E-state index contributed by atoms with van der Waals surface area (Å²) < 4.78 is 0. The van der Waals surface area contributed by atoms with Crippen LogP contribution in [0.25, 0.3) is 0 Å². The summed E-state index contributed by atoms with van der Waals surface area (Å²) in [7, 11) is 23.3. The first-order valence-corrected chi connectivity index (χ1v) is 5.19. The number of hydrogen-bond acceptors (Lipinski definition) is 4. The minimum absolute atomic E-state index is 0.370. The summed E-state index contributed by atoms with van der Waals surface area (Å²) in [5.74, 6) is 0.447. The smallest absolute Gasteiger partial charge is 0.123 e. The Labute approximate surface area is 106 Å². The van der Waals surface area contributed by atoms with Gasteiger partial charge in [0.25, 0.3) is 0 Å². The molecule has 0 aliphatic carbocycles. The standard InChI is InChI=1S/C9H10B4N4/c10-8(11)4-17(5-9(12,13)16-8)6-1-2-7(14)15-3-6/h1-3,16H,4-5H2,(H2,14,15). The van der Waals surface area contributed by atoms with E-state index in [1.165, 1.54) is 0 Å². The maximum atomic E-state index is 5.83. The second-order valence-electron chi connectivity index (χ2n) is 4.50. The topological polar surface area (TPSA) is 54.2 Å². The highest BCUT2D eigenvalue weighted by Crippen LogP contribution is 2.21. The molecule has 0 spiro atoms. The van der Waals surface area contributed by atoms with Crippen LogP contribution in [-0.4, -0.2) is 60.1 Å². The van der Waals surface area contributed by atoms with E-state index in [0.717, 1.165) is 5.69 Å². The Morgan fingerprint density at radius 2 is 1.76 bits per heavy atom. The summed E-state index contributed by atoms with van der Waals surface area (Å²) >= 11 is 0. The third kappa shape index (κ3) is 3.00. The van der Waals surface area contributed by atoms with E-state index in [-0.39, 0.29) is 0 Å². The molecule has 1 aromatic rings. The van der Waals surface area contributed by atoms with Gasteiger partial charge in [-0.05, 0) is 22.8 Å². The van der Waals surface area contributed by atoms with Crippen molar-refractivity contribution in [1.29, 1.82) is 0 Å². The molecule has 0 aromatic carbocycles. The lowest BCUT2D eigenvalue weighted by Crippen LogP contribution is -2.73. The zero-order valence-electron chi connectivity index (χ0n) is 9.43.